The molecule has 3 rings (SSSR count). The molecule has 0 aliphatic carbocycles. The molecular weight excluding hydrogens is 388 g/mol. The standard InChI is InChI=1S/C21H22N4O3S/c26-21(24-14-4-13-23-18-5-2-1-3-6-18)17-7-9-20(10-8-17)29(27,28)25-19-11-15-22-16-12-19/h1-3,5-12,15-16,23H,4,13-14H2,(H,22,25)(H,24,26). The van der Waals surface area contributed by atoms with Crippen molar-refractivity contribution < 1.29 is 13.2 Å². The maximum Gasteiger partial charge on any atom is 0.261 e. The summed E-state index contributed by atoms with van der Waals surface area (Å²) in [6.45, 7) is 1.25. The molecule has 0 saturated carbocycles. The Bertz CT molecular complexity index is 1020. The van der Waals surface area contributed by atoms with E-state index >= 15 is 0 Å². The van der Waals surface area contributed by atoms with E-state index in [0.29, 0.717) is 17.8 Å². The smallest absolute Gasteiger partial charge is 0.261 e. The van der Waals surface area contributed by atoms with E-state index in [4.69, 9.17) is 0 Å². The molecule has 1 aromatic heterocycles. The molecule has 0 unspecified atom stereocenters. The number of carbonyl (C=O) groups excluding carboxylic acids is 1. The van der Waals surface area contributed by atoms with Gasteiger partial charge in [-0.05, 0) is 55.0 Å². The third-order valence-corrected chi connectivity index (χ3v) is 5.50. The lowest BCUT2D eigenvalue weighted by molar-refractivity contribution is 0.0953. The highest BCUT2D eigenvalue weighted by Gasteiger charge is 2.15. The average molecular weight is 410 g/mol. The fraction of sp³-hybridized carbons (Fsp3) is 0.143. The zero-order chi connectivity index (χ0) is 20.5. The number of hydrogen-bond acceptors (Lipinski definition) is 5. The van der Waals surface area contributed by atoms with Crippen LogP contribution < -0.4 is 15.4 Å². The summed E-state index contributed by atoms with van der Waals surface area (Å²) in [5, 5.41) is 6.11. The average Bonchev–Trinajstić information content (AvgIpc) is 2.74. The van der Waals surface area contributed by atoms with E-state index in [0.717, 1.165) is 18.7 Å². The molecule has 150 valence electrons. The highest BCUT2D eigenvalue weighted by atomic mass is 32.2. The maximum atomic E-state index is 12.4. The van der Waals surface area contributed by atoms with Crippen molar-refractivity contribution in [2.24, 2.45) is 0 Å². The molecule has 0 aliphatic rings. The van der Waals surface area contributed by atoms with Crippen LogP contribution in [0, 0.1) is 0 Å². The van der Waals surface area contributed by atoms with Crippen molar-refractivity contribution in [1.82, 2.24) is 10.3 Å². The Hall–Kier alpha value is -3.39. The first-order valence-corrected chi connectivity index (χ1v) is 10.6. The van der Waals surface area contributed by atoms with E-state index in [1.54, 1.807) is 12.1 Å². The summed E-state index contributed by atoms with van der Waals surface area (Å²) >= 11 is 0. The second-order valence-corrected chi connectivity index (χ2v) is 7.95. The molecular formula is C21H22N4O3S. The van der Waals surface area contributed by atoms with Crippen LogP contribution in [0.4, 0.5) is 11.4 Å². The van der Waals surface area contributed by atoms with Gasteiger partial charge in [-0.15, -0.1) is 0 Å². The van der Waals surface area contributed by atoms with Crippen LogP contribution in [0.3, 0.4) is 0 Å². The summed E-state index contributed by atoms with van der Waals surface area (Å²) in [5.41, 5.74) is 1.87. The number of nitrogens with one attached hydrogen (secondary N) is 3. The zero-order valence-electron chi connectivity index (χ0n) is 15.7. The van der Waals surface area contributed by atoms with Crippen LogP contribution in [0.1, 0.15) is 16.8 Å². The number of benzene rings is 2. The quantitative estimate of drug-likeness (QED) is 0.471. The molecule has 1 heterocycles. The van der Waals surface area contributed by atoms with Gasteiger partial charge < -0.3 is 10.6 Å². The topological polar surface area (TPSA) is 100 Å². The Balaban J connectivity index is 1.48. The van der Waals surface area contributed by atoms with Crippen LogP contribution in [-0.4, -0.2) is 32.4 Å². The molecule has 0 spiro atoms. The van der Waals surface area contributed by atoms with Gasteiger partial charge in [0.1, 0.15) is 0 Å². The Morgan fingerprint density at radius 1 is 0.828 bits per heavy atom. The van der Waals surface area contributed by atoms with Crippen molar-refractivity contribution in [3.05, 3.63) is 84.7 Å². The molecule has 0 atom stereocenters. The molecule has 0 aliphatic heterocycles. The summed E-state index contributed by atoms with van der Waals surface area (Å²) in [7, 11) is -3.72. The summed E-state index contributed by atoms with van der Waals surface area (Å²) in [5.74, 6) is -0.240. The van der Waals surface area contributed by atoms with Gasteiger partial charge in [-0.1, -0.05) is 18.2 Å². The zero-order valence-corrected chi connectivity index (χ0v) is 16.5. The van der Waals surface area contributed by atoms with Gasteiger partial charge in [0.2, 0.25) is 0 Å². The van der Waals surface area contributed by atoms with Crippen molar-refractivity contribution in [2.45, 2.75) is 11.3 Å². The van der Waals surface area contributed by atoms with E-state index in [1.807, 2.05) is 30.3 Å². The summed E-state index contributed by atoms with van der Waals surface area (Å²) < 4.78 is 27.3. The minimum atomic E-state index is -3.72. The number of nitrogens with zero attached hydrogens (tertiary/aromatic N) is 1. The summed E-state index contributed by atoms with van der Waals surface area (Å²) in [6, 6.07) is 18.8. The van der Waals surface area contributed by atoms with Crippen molar-refractivity contribution >= 4 is 27.3 Å². The van der Waals surface area contributed by atoms with Gasteiger partial charge in [-0.2, -0.15) is 0 Å². The molecule has 0 radical (unpaired) electrons. The van der Waals surface area contributed by atoms with Crippen molar-refractivity contribution in [3.8, 4) is 0 Å². The highest BCUT2D eigenvalue weighted by molar-refractivity contribution is 7.92. The lowest BCUT2D eigenvalue weighted by atomic mass is 10.2. The molecule has 3 aromatic rings. The first kappa shape index (κ1) is 20.3. The van der Waals surface area contributed by atoms with Crippen LogP contribution in [0.2, 0.25) is 0 Å². The predicted octanol–water partition coefficient (Wildman–Crippen LogP) is 3.11. The van der Waals surface area contributed by atoms with E-state index in [2.05, 4.69) is 20.3 Å². The SMILES string of the molecule is O=C(NCCCNc1ccccc1)c1ccc(S(=O)(=O)Nc2ccncc2)cc1. The lowest BCUT2D eigenvalue weighted by Gasteiger charge is -2.09. The minimum Gasteiger partial charge on any atom is -0.385 e. The third-order valence-electron chi connectivity index (χ3n) is 4.10. The van der Waals surface area contributed by atoms with Gasteiger partial charge >= 0.3 is 0 Å². The van der Waals surface area contributed by atoms with E-state index < -0.39 is 10.0 Å². The molecule has 3 N–H and O–H groups in total. The summed E-state index contributed by atoms with van der Waals surface area (Å²) in [6.07, 6.45) is 3.77. The fourth-order valence-electron chi connectivity index (χ4n) is 2.60. The Morgan fingerprint density at radius 3 is 2.21 bits per heavy atom. The lowest BCUT2D eigenvalue weighted by Crippen LogP contribution is -2.25. The van der Waals surface area contributed by atoms with Crippen LogP contribution in [0.5, 0.6) is 0 Å². The Morgan fingerprint density at radius 2 is 1.52 bits per heavy atom. The first-order chi connectivity index (χ1) is 14.0. The normalized spacial score (nSPS) is 10.9. The molecule has 0 fully saturated rings. The molecule has 29 heavy (non-hydrogen) atoms. The number of pyridine rings is 1. The summed E-state index contributed by atoms with van der Waals surface area (Å²) in [4.78, 5) is 16.2. The van der Waals surface area contributed by atoms with Crippen LogP contribution >= 0.6 is 0 Å². The predicted molar refractivity (Wildman–Crippen MR) is 113 cm³/mol. The largest absolute Gasteiger partial charge is 0.385 e. The Labute approximate surface area is 170 Å². The highest BCUT2D eigenvalue weighted by Crippen LogP contribution is 2.16. The van der Waals surface area contributed by atoms with Crippen LogP contribution in [0.25, 0.3) is 0 Å². The number of para-hydroxylation sites is 1. The number of carbonyl (C=O) groups is 1. The third kappa shape index (κ3) is 6.05. The first-order valence-electron chi connectivity index (χ1n) is 9.15. The van der Waals surface area contributed by atoms with Gasteiger partial charge in [-0.25, -0.2) is 8.42 Å². The number of amides is 1. The van der Waals surface area contributed by atoms with Crippen LogP contribution in [-0.2, 0) is 10.0 Å². The Kier molecular flexibility index (Phi) is 6.80. The van der Waals surface area contributed by atoms with Gasteiger partial charge in [0, 0.05) is 36.7 Å². The number of hydrogen-bond donors (Lipinski definition) is 3. The van der Waals surface area contributed by atoms with Gasteiger partial charge in [0.15, 0.2) is 0 Å². The van der Waals surface area contributed by atoms with Gasteiger partial charge in [-0.3, -0.25) is 14.5 Å². The van der Waals surface area contributed by atoms with Gasteiger partial charge in [0.05, 0.1) is 10.6 Å². The maximum absolute atomic E-state index is 12.4. The molecule has 0 bridgehead atoms. The number of rotatable bonds is 9. The van der Waals surface area contributed by atoms with Crippen LogP contribution in [0.15, 0.2) is 84.0 Å². The number of anilines is 2. The molecule has 0 saturated heterocycles. The number of aromatic nitrogens is 1. The molecule has 8 heteroatoms. The minimum absolute atomic E-state index is 0.0814. The van der Waals surface area contributed by atoms with Crippen molar-refractivity contribution in [1.29, 1.82) is 0 Å². The monoisotopic (exact) mass is 410 g/mol. The van der Waals surface area contributed by atoms with Gasteiger partial charge in [0.25, 0.3) is 15.9 Å². The van der Waals surface area contributed by atoms with Crippen molar-refractivity contribution in [3.63, 3.8) is 0 Å². The second-order valence-electron chi connectivity index (χ2n) is 6.27. The molecule has 1 amide bonds. The molecule has 2 aromatic carbocycles. The van der Waals surface area contributed by atoms with E-state index in [1.165, 1.54) is 36.7 Å². The fourth-order valence-corrected chi connectivity index (χ4v) is 3.66. The van der Waals surface area contributed by atoms with E-state index in [-0.39, 0.29) is 10.8 Å². The second kappa shape index (κ2) is 9.70. The van der Waals surface area contributed by atoms with E-state index in [9.17, 15) is 13.2 Å². The van der Waals surface area contributed by atoms with Crippen molar-refractivity contribution in [2.75, 3.05) is 23.1 Å². The number of sulfonamides is 1. The molecule has 7 nitrogen and oxygen atoms in total.